The number of allylic oxidation sites excluding steroid dienone is 2. The van der Waals surface area contributed by atoms with Crippen LogP contribution in [0.3, 0.4) is 0 Å². The number of hydrogen-bond acceptors (Lipinski definition) is 5. The van der Waals surface area contributed by atoms with Crippen LogP contribution < -0.4 is 0 Å². The first kappa shape index (κ1) is 25.9. The number of hydrogen-bond donors (Lipinski definition) is 0. The summed E-state index contributed by atoms with van der Waals surface area (Å²) >= 11 is 0. The summed E-state index contributed by atoms with van der Waals surface area (Å²) in [5.41, 5.74) is 0.249. The summed E-state index contributed by atoms with van der Waals surface area (Å²) in [7, 11) is 0. The van der Waals surface area contributed by atoms with Crippen molar-refractivity contribution in [1.82, 2.24) is 0 Å². The first-order valence-electron chi connectivity index (χ1n) is 14.6. The quantitative estimate of drug-likeness (QED) is 0.336. The first-order valence-corrected chi connectivity index (χ1v) is 14.6. The van der Waals surface area contributed by atoms with Crippen molar-refractivity contribution in [1.29, 1.82) is 0 Å². The molecule has 5 aliphatic rings. The second-order valence-corrected chi connectivity index (χ2v) is 13.2. The molecule has 0 aromatic rings. The largest absolute Gasteiger partial charge is 0.462 e. The van der Waals surface area contributed by atoms with E-state index in [0.29, 0.717) is 31.5 Å². The van der Waals surface area contributed by atoms with Crippen LogP contribution >= 0.6 is 0 Å². The number of Topliss-reactive ketones (excluding diaryl/α,β-unsaturated/α-hetero) is 2. The Hall–Kier alpha value is -1.78. The molecule has 0 aromatic carbocycles. The highest BCUT2D eigenvalue weighted by Crippen LogP contribution is 2.65. The molecule has 4 saturated carbocycles. The SMILES string of the molecule is C[C@H](CCC(=O)OC1CCCCCC1)C1CC[C@H]2[C@@H]3C(=O)C=C4CC(=O)CC[C@]4(C)[C@H]3CC(=O)[C@]12C. The maximum atomic E-state index is 13.9. The predicted molar refractivity (Wildman–Crippen MR) is 137 cm³/mol. The lowest BCUT2D eigenvalue weighted by Gasteiger charge is -2.56. The Balaban J connectivity index is 1.28. The molecule has 0 heterocycles. The molecule has 4 fully saturated rings. The van der Waals surface area contributed by atoms with Crippen molar-refractivity contribution >= 4 is 23.3 Å². The third-order valence-corrected chi connectivity index (χ3v) is 11.3. The van der Waals surface area contributed by atoms with Crippen LogP contribution in [0.25, 0.3) is 0 Å². The summed E-state index contributed by atoms with van der Waals surface area (Å²) in [5, 5.41) is 0. The van der Waals surface area contributed by atoms with Gasteiger partial charge in [0.1, 0.15) is 17.7 Å². The van der Waals surface area contributed by atoms with E-state index in [1.54, 1.807) is 6.08 Å². The minimum Gasteiger partial charge on any atom is -0.462 e. The standard InChI is InChI=1S/C31H44O5/c1-19(10-13-28(35)36-22-8-6-4-5-7-9-22)23-11-12-24-29-25(18-27(34)31(23,24)3)30(2)15-14-21(32)16-20(30)17-26(29)33/h17,19,22-25,29H,4-16,18H2,1-3H3/t19-,23?,24+,25+,29+,30+,31-/m1/s1. The van der Waals surface area contributed by atoms with Crippen LogP contribution in [-0.2, 0) is 23.9 Å². The molecule has 198 valence electrons. The van der Waals surface area contributed by atoms with Gasteiger partial charge >= 0.3 is 5.97 Å². The Labute approximate surface area is 216 Å². The number of esters is 1. The van der Waals surface area contributed by atoms with Gasteiger partial charge in [0.25, 0.3) is 0 Å². The summed E-state index contributed by atoms with van der Waals surface area (Å²) in [5.74, 6) is 0.957. The minimum absolute atomic E-state index is 0.0206. The normalized spacial score (nSPS) is 40.0. The number of ketones is 3. The van der Waals surface area contributed by atoms with Crippen LogP contribution in [-0.4, -0.2) is 29.4 Å². The molecule has 0 radical (unpaired) electrons. The molecule has 5 rings (SSSR count). The Bertz CT molecular complexity index is 956. The molecule has 36 heavy (non-hydrogen) atoms. The Morgan fingerprint density at radius 2 is 1.75 bits per heavy atom. The summed E-state index contributed by atoms with van der Waals surface area (Å²) < 4.78 is 5.81. The lowest BCUT2D eigenvalue weighted by molar-refractivity contribution is -0.152. The van der Waals surface area contributed by atoms with E-state index in [2.05, 4.69) is 20.8 Å². The highest BCUT2D eigenvalue weighted by Gasteiger charge is 2.64. The van der Waals surface area contributed by atoms with E-state index in [-0.39, 0.29) is 58.6 Å². The van der Waals surface area contributed by atoms with Gasteiger partial charge < -0.3 is 4.74 Å². The van der Waals surface area contributed by atoms with E-state index in [4.69, 9.17) is 4.74 Å². The van der Waals surface area contributed by atoms with Gasteiger partial charge in [-0.2, -0.15) is 0 Å². The smallest absolute Gasteiger partial charge is 0.306 e. The van der Waals surface area contributed by atoms with Crippen molar-refractivity contribution < 1.29 is 23.9 Å². The monoisotopic (exact) mass is 496 g/mol. The maximum Gasteiger partial charge on any atom is 0.306 e. The Morgan fingerprint density at radius 1 is 1.03 bits per heavy atom. The highest BCUT2D eigenvalue weighted by molar-refractivity contribution is 5.99. The van der Waals surface area contributed by atoms with Gasteiger partial charge in [-0.1, -0.05) is 39.2 Å². The van der Waals surface area contributed by atoms with E-state index in [9.17, 15) is 19.2 Å². The average Bonchev–Trinajstić information content (AvgIpc) is 3.00. The third-order valence-electron chi connectivity index (χ3n) is 11.3. The molecule has 0 spiro atoms. The number of carbonyl (C=O) groups is 4. The first-order chi connectivity index (χ1) is 17.1. The van der Waals surface area contributed by atoms with Crippen molar-refractivity contribution in [2.45, 2.75) is 117 Å². The molecule has 0 saturated heterocycles. The van der Waals surface area contributed by atoms with Crippen molar-refractivity contribution in [3.63, 3.8) is 0 Å². The maximum absolute atomic E-state index is 13.9. The topological polar surface area (TPSA) is 77.5 Å². The van der Waals surface area contributed by atoms with Crippen LogP contribution in [0, 0.1) is 40.4 Å². The molecule has 0 aliphatic heterocycles. The van der Waals surface area contributed by atoms with Crippen LogP contribution in [0.5, 0.6) is 0 Å². The zero-order valence-corrected chi connectivity index (χ0v) is 22.5. The molecule has 5 heteroatoms. The van der Waals surface area contributed by atoms with Gasteiger partial charge in [-0.3, -0.25) is 19.2 Å². The van der Waals surface area contributed by atoms with E-state index in [1.165, 1.54) is 12.8 Å². The fraction of sp³-hybridized carbons (Fsp3) is 0.806. The third kappa shape index (κ3) is 4.32. The number of carbonyl (C=O) groups excluding carboxylic acids is 4. The molecule has 0 bridgehead atoms. The number of fused-ring (bicyclic) bond motifs is 5. The molecular weight excluding hydrogens is 452 g/mol. The summed E-state index contributed by atoms with van der Waals surface area (Å²) in [4.78, 5) is 52.1. The molecule has 5 aliphatic carbocycles. The molecule has 0 N–H and O–H groups in total. The zero-order chi connectivity index (χ0) is 25.7. The van der Waals surface area contributed by atoms with Crippen LogP contribution in [0.4, 0.5) is 0 Å². The van der Waals surface area contributed by atoms with Gasteiger partial charge in [0.05, 0.1) is 0 Å². The highest BCUT2D eigenvalue weighted by atomic mass is 16.5. The minimum atomic E-state index is -0.506. The van der Waals surface area contributed by atoms with E-state index < -0.39 is 5.41 Å². The van der Waals surface area contributed by atoms with E-state index >= 15 is 0 Å². The fourth-order valence-electron chi connectivity index (χ4n) is 9.04. The Morgan fingerprint density at radius 3 is 2.47 bits per heavy atom. The predicted octanol–water partition coefficient (Wildman–Crippen LogP) is 6.17. The second kappa shape index (κ2) is 9.83. The van der Waals surface area contributed by atoms with Crippen LogP contribution in [0.2, 0.25) is 0 Å². The second-order valence-electron chi connectivity index (χ2n) is 13.2. The summed E-state index contributed by atoms with van der Waals surface area (Å²) in [6.07, 6.45) is 13.7. The molecule has 0 amide bonds. The van der Waals surface area contributed by atoms with Gasteiger partial charge in [0.2, 0.25) is 0 Å². The number of ether oxygens (including phenoxy) is 1. The Kier molecular flexibility index (Phi) is 7.06. The molecule has 1 unspecified atom stereocenters. The molecule has 0 aromatic heterocycles. The van der Waals surface area contributed by atoms with Gasteiger partial charge in [0, 0.05) is 37.0 Å². The van der Waals surface area contributed by atoms with Gasteiger partial charge in [0.15, 0.2) is 5.78 Å². The van der Waals surface area contributed by atoms with Crippen molar-refractivity contribution in [2.24, 2.45) is 40.4 Å². The zero-order valence-electron chi connectivity index (χ0n) is 22.5. The average molecular weight is 497 g/mol. The van der Waals surface area contributed by atoms with Crippen molar-refractivity contribution in [3.05, 3.63) is 11.6 Å². The molecule has 7 atom stereocenters. The van der Waals surface area contributed by atoms with Crippen molar-refractivity contribution in [2.75, 3.05) is 0 Å². The lowest BCUT2D eigenvalue weighted by Crippen LogP contribution is -2.57. The van der Waals surface area contributed by atoms with Crippen LogP contribution in [0.1, 0.15) is 111 Å². The van der Waals surface area contributed by atoms with Gasteiger partial charge in [-0.25, -0.2) is 0 Å². The van der Waals surface area contributed by atoms with Crippen LogP contribution in [0.15, 0.2) is 11.6 Å². The van der Waals surface area contributed by atoms with E-state index in [1.807, 2.05) is 0 Å². The van der Waals surface area contributed by atoms with E-state index in [0.717, 1.165) is 56.9 Å². The van der Waals surface area contributed by atoms with Gasteiger partial charge in [-0.15, -0.1) is 0 Å². The van der Waals surface area contributed by atoms with Gasteiger partial charge in [-0.05, 0) is 86.5 Å². The summed E-state index contributed by atoms with van der Waals surface area (Å²) in [6, 6.07) is 0. The molecular formula is C31H44O5. The molecule has 5 nitrogen and oxygen atoms in total. The lowest BCUT2D eigenvalue weighted by atomic mass is 9.46. The number of rotatable bonds is 5. The summed E-state index contributed by atoms with van der Waals surface area (Å²) in [6.45, 7) is 6.50. The fourth-order valence-corrected chi connectivity index (χ4v) is 9.04. The van der Waals surface area contributed by atoms with Crippen molar-refractivity contribution in [3.8, 4) is 0 Å².